The highest BCUT2D eigenvalue weighted by Crippen LogP contribution is 2.33. The van der Waals surface area contributed by atoms with Gasteiger partial charge in [-0.3, -0.25) is 28.8 Å². The topological polar surface area (TPSA) is 370 Å². The Balaban J connectivity index is 0.000000180. The molecule has 0 saturated heterocycles. The van der Waals surface area contributed by atoms with Crippen LogP contribution < -0.4 is 32.6 Å². The number of aryl methyl sites for hydroxylation is 3. The molecule has 0 atom stereocenters. The van der Waals surface area contributed by atoms with Crippen LogP contribution in [0.15, 0.2) is 329 Å². The number of aromatic hydroxyl groups is 6. The van der Waals surface area contributed by atoms with Gasteiger partial charge in [-0.2, -0.15) is 30.6 Å². The minimum absolute atomic E-state index is 0.0287. The van der Waals surface area contributed by atoms with E-state index in [1.165, 1.54) is 43.4 Å². The van der Waals surface area contributed by atoms with Crippen LogP contribution in [-0.2, 0) is 0 Å². The molecule has 0 aromatic heterocycles. The number of phenolic OH excluding ortho intramolecular Hbond substituents is 6. The molecule has 24 nitrogen and oxygen atoms in total. The lowest BCUT2D eigenvalue weighted by Crippen LogP contribution is -2.18. The number of amides is 6. The molecule has 14 aromatic rings. The number of hydrazone groups is 6. The predicted molar refractivity (Wildman–Crippen MR) is 567 cm³/mol. The summed E-state index contributed by atoms with van der Waals surface area (Å²) < 4.78 is 8.22. The molecule has 12 N–H and O–H groups in total. The molecule has 0 bridgehead atoms. The highest BCUT2D eigenvalue weighted by Gasteiger charge is 2.18. The summed E-state index contributed by atoms with van der Waals surface area (Å²) in [4.78, 5) is 72.3. The second-order valence-corrected chi connectivity index (χ2v) is 38.4. The number of halogens is 14. The quantitative estimate of drug-likeness (QED) is 0.0282. The monoisotopic (exact) mass is 2540 g/mol. The number of nitrogens with one attached hydrogen (secondary N) is 6. The van der Waals surface area contributed by atoms with E-state index >= 15 is 0 Å². The molecule has 0 spiro atoms. The van der Waals surface area contributed by atoms with Gasteiger partial charge >= 0.3 is 0 Å². The predicted octanol–water partition coefficient (Wildman–Crippen LogP) is 26.5. The fourth-order valence-corrected chi connectivity index (χ4v) is 17.2. The Morgan fingerprint density at radius 2 is 0.617 bits per heavy atom. The largest absolute Gasteiger partial charge is 0.507 e. The normalized spacial score (nSPS) is 10.9. The van der Waals surface area contributed by atoms with Gasteiger partial charge in [0.05, 0.1) is 65.1 Å². The zero-order chi connectivity index (χ0) is 96.7. The fourth-order valence-electron chi connectivity index (χ4n) is 11.3. The van der Waals surface area contributed by atoms with Gasteiger partial charge in [0.2, 0.25) is 0 Å². The SMILES string of the molecule is Cc1cc(Cl)cc(/C=N/NC(=O)c2cc(Br)ccc2Br)c1O.Cc1cc(Cl)cc(/C=N/NC(=O)c2ccc(Br)cc2Br)c1O.Cc1ccc(/C=N/NC(=O)c2cccc(Br)c2)c(O)c1.O=C(N/N=C/c1c(O)ccc2ccccc12)c1cc(Br)ccc1Br.O=C(N/N=C/c1c(O)ccc2ccccc12)c1ccc(Br)cc1Br.O=C(N/N=C/c1cc(Cl)ccc1O)c1cc(Br)ccc1Br. The zero-order valence-electron chi connectivity index (χ0n) is 68.7. The minimum Gasteiger partial charge on any atom is -0.507 e. The molecule has 38 heteroatoms. The molecule has 0 radical (unpaired) electrons. The third kappa shape index (κ3) is 32.6. The second-order valence-electron chi connectivity index (χ2n) is 27.4. The molecular formula is C95H68Br11Cl3N12O12. The van der Waals surface area contributed by atoms with Crippen molar-refractivity contribution in [1.82, 2.24) is 32.6 Å². The summed E-state index contributed by atoms with van der Waals surface area (Å²) >= 11 is 54.2. The van der Waals surface area contributed by atoms with Gasteiger partial charge in [0.1, 0.15) is 34.5 Å². The number of nitrogens with zero attached hydrogens (tertiary/aromatic N) is 6. The Labute approximate surface area is 869 Å². The summed E-state index contributed by atoms with van der Waals surface area (Å²) in [6, 6.07) is 71.6. The van der Waals surface area contributed by atoms with Crippen molar-refractivity contribution in [3.05, 3.63) is 396 Å². The molecular weight excluding hydrogens is 2490 g/mol. The maximum Gasteiger partial charge on any atom is 0.272 e. The average molecular weight is 2550 g/mol. The minimum atomic E-state index is -0.374. The van der Waals surface area contributed by atoms with Gasteiger partial charge in [-0.25, -0.2) is 32.6 Å². The Morgan fingerprint density at radius 1 is 0.271 bits per heavy atom. The molecule has 0 fully saturated rings. The number of rotatable bonds is 18. The van der Waals surface area contributed by atoms with Gasteiger partial charge in [0.25, 0.3) is 35.4 Å². The number of benzene rings is 14. The van der Waals surface area contributed by atoms with Crippen LogP contribution in [0, 0.1) is 20.8 Å². The van der Waals surface area contributed by atoms with Crippen molar-refractivity contribution in [2.45, 2.75) is 20.8 Å². The van der Waals surface area contributed by atoms with Crippen LogP contribution >= 0.6 is 210 Å². The van der Waals surface area contributed by atoms with Crippen LogP contribution in [0.5, 0.6) is 34.5 Å². The summed E-state index contributed by atoms with van der Waals surface area (Å²) in [6.45, 7) is 5.35. The number of carbonyl (C=O) groups excluding carboxylic acids is 6. The molecule has 0 heterocycles. The first-order valence-electron chi connectivity index (χ1n) is 38.1. The highest BCUT2D eigenvalue weighted by atomic mass is 79.9. The van der Waals surface area contributed by atoms with Gasteiger partial charge in [-0.1, -0.05) is 203 Å². The van der Waals surface area contributed by atoms with E-state index in [0.717, 1.165) is 53.9 Å². The fraction of sp³-hybridized carbons (Fsp3) is 0.0316. The molecule has 133 heavy (non-hydrogen) atoms. The van der Waals surface area contributed by atoms with E-state index < -0.39 is 0 Å². The van der Waals surface area contributed by atoms with Crippen LogP contribution in [0.4, 0.5) is 0 Å². The third-order valence-corrected chi connectivity index (χ3v) is 24.8. The Morgan fingerprint density at radius 3 is 1.02 bits per heavy atom. The van der Waals surface area contributed by atoms with E-state index in [-0.39, 0.29) is 69.9 Å². The van der Waals surface area contributed by atoms with Gasteiger partial charge in [-0.05, 0) is 315 Å². The highest BCUT2D eigenvalue weighted by molar-refractivity contribution is 9.12. The van der Waals surface area contributed by atoms with Crippen LogP contribution in [0.2, 0.25) is 15.1 Å². The number of fused-ring (bicyclic) bond motifs is 2. The van der Waals surface area contributed by atoms with Crippen molar-refractivity contribution >= 4 is 304 Å². The van der Waals surface area contributed by atoms with Crippen molar-refractivity contribution in [1.29, 1.82) is 0 Å². The molecule has 0 saturated carbocycles. The first-order valence-corrected chi connectivity index (χ1v) is 48.0. The Kier molecular flexibility index (Phi) is 41.7. The number of carbonyl (C=O) groups is 6. The van der Waals surface area contributed by atoms with Gasteiger partial charge in [-0.15, -0.1) is 0 Å². The lowest BCUT2D eigenvalue weighted by Gasteiger charge is -2.06. The van der Waals surface area contributed by atoms with E-state index in [0.29, 0.717) is 115 Å². The standard InChI is InChI=1S/2C18H12Br2N2O2.2C15H11Br2ClN2O2.C15H13BrN2O2.C14H9Br2ClN2O2/c19-12-6-7-16(20)14(9-12)18(24)22-21-10-15-13-4-2-1-3-11(13)5-8-17(15)23;19-12-6-7-14(16(20)9-12)18(24)22-21-10-15-13-4-2-1-3-11(13)5-8-17(15)23;1-8-4-11(18)5-9(14(8)21)7-19-20-15(22)12-6-10(16)2-3-13(12)17;1-8-4-11(18)5-9(14(8)21)7-19-20-15(22)12-3-2-10(16)6-13(12)17;1-10-5-6-12(14(19)7-10)9-17-18-15(20)11-3-2-4-13(16)8-11;15-9-1-3-12(16)11(6-9)14(21)19-18-7-8-5-10(17)2-4-13(8)20/h2*1-10,23H,(H,22,24);2*2-7,21H,1H3,(H,20,22);2-9,19H,1H3,(H,18,20);1-7,20H,(H,19,21)/b2*21-10+;2*19-7+;17-9+;18-7+. The van der Waals surface area contributed by atoms with E-state index in [2.05, 4.69) is 238 Å². The van der Waals surface area contributed by atoms with Gasteiger partial charge in [0, 0.05) is 103 Å². The van der Waals surface area contributed by atoms with E-state index in [9.17, 15) is 59.4 Å². The summed E-state index contributed by atoms with van der Waals surface area (Å²) in [5.74, 6) is -1.59. The smallest absolute Gasteiger partial charge is 0.272 e. The molecule has 0 unspecified atom stereocenters. The number of phenols is 6. The molecule has 6 amide bonds. The van der Waals surface area contributed by atoms with Crippen molar-refractivity contribution in [3.63, 3.8) is 0 Å². The number of hydrogen-bond donors (Lipinski definition) is 12. The first-order chi connectivity index (χ1) is 63.4. The average Bonchev–Trinajstić information content (AvgIpc) is 0.809. The molecule has 0 aliphatic carbocycles. The molecule has 0 aliphatic heterocycles. The molecule has 0 aliphatic rings. The lowest BCUT2D eigenvalue weighted by molar-refractivity contribution is 0.0946. The van der Waals surface area contributed by atoms with E-state index in [1.807, 2.05) is 97.9 Å². The van der Waals surface area contributed by atoms with Crippen LogP contribution in [0.1, 0.15) is 112 Å². The Hall–Kier alpha value is -10.6. The zero-order valence-corrected chi connectivity index (χ0v) is 88.5. The first kappa shape index (κ1) is 106. The summed E-state index contributed by atoms with van der Waals surface area (Å²) in [5, 5.41) is 87.7. The molecule has 14 aromatic carbocycles. The summed E-state index contributed by atoms with van der Waals surface area (Å²) in [7, 11) is 0. The maximum atomic E-state index is 12.2. The van der Waals surface area contributed by atoms with Crippen LogP contribution in [0.25, 0.3) is 21.5 Å². The summed E-state index contributed by atoms with van der Waals surface area (Å²) in [5.41, 5.74) is 22.5. The third-order valence-electron chi connectivity index (χ3n) is 17.8. The molecule has 14 rings (SSSR count). The van der Waals surface area contributed by atoms with Crippen LogP contribution in [0.3, 0.4) is 0 Å². The van der Waals surface area contributed by atoms with Gasteiger partial charge < -0.3 is 30.6 Å². The summed E-state index contributed by atoms with van der Waals surface area (Å²) in [6.07, 6.45) is 8.32. The van der Waals surface area contributed by atoms with Crippen molar-refractivity contribution in [2.75, 3.05) is 0 Å². The molecule has 678 valence electrons. The van der Waals surface area contributed by atoms with Crippen molar-refractivity contribution in [2.24, 2.45) is 30.6 Å². The maximum absolute atomic E-state index is 12.2. The van der Waals surface area contributed by atoms with Crippen molar-refractivity contribution in [3.8, 4) is 34.5 Å². The van der Waals surface area contributed by atoms with Crippen molar-refractivity contribution < 1.29 is 59.4 Å². The van der Waals surface area contributed by atoms with E-state index in [1.54, 1.807) is 166 Å². The Bertz CT molecular complexity index is 6920. The van der Waals surface area contributed by atoms with Crippen LogP contribution in [-0.4, -0.2) is 103 Å². The second kappa shape index (κ2) is 52.3. The lowest BCUT2D eigenvalue weighted by atomic mass is 10.0. The van der Waals surface area contributed by atoms with Gasteiger partial charge in [0.15, 0.2) is 0 Å². The number of hydrogen-bond acceptors (Lipinski definition) is 18. The van der Waals surface area contributed by atoms with E-state index in [4.69, 9.17) is 34.8 Å².